The number of aromatic nitrogens is 2. The first-order valence-corrected chi connectivity index (χ1v) is 14.2. The minimum atomic E-state index is -3.28. The van der Waals surface area contributed by atoms with Gasteiger partial charge in [-0.2, -0.15) is 4.99 Å². The van der Waals surface area contributed by atoms with Crippen molar-refractivity contribution in [3.63, 3.8) is 0 Å². The zero-order chi connectivity index (χ0) is 25.4. The minimum absolute atomic E-state index is 0.0459. The molecule has 3 aliphatic rings. The molecule has 0 unspecified atom stereocenters. The Morgan fingerprint density at radius 3 is 2.08 bits per heavy atom. The molecule has 11 heteroatoms. The van der Waals surface area contributed by atoms with Gasteiger partial charge in [0.2, 0.25) is 0 Å². The van der Waals surface area contributed by atoms with Gasteiger partial charge in [-0.3, -0.25) is 9.59 Å². The van der Waals surface area contributed by atoms with Crippen molar-refractivity contribution in [3.8, 4) is 11.4 Å². The summed E-state index contributed by atoms with van der Waals surface area (Å²) in [6.07, 6.45) is 9.50. The highest BCUT2D eigenvalue weighted by Gasteiger charge is 2.39. The Balaban J connectivity index is 1.24. The third-order valence-electron chi connectivity index (χ3n) is 6.95. The van der Waals surface area contributed by atoms with E-state index in [-0.39, 0.29) is 40.7 Å². The van der Waals surface area contributed by atoms with E-state index in [0.717, 1.165) is 44.8 Å². The number of sulfone groups is 1. The topological polar surface area (TPSA) is 139 Å². The maximum atomic E-state index is 13.4. The number of aliphatic imine (C=N–C) groups is 1. The lowest BCUT2D eigenvalue weighted by Crippen LogP contribution is -2.51. The Hall–Kier alpha value is -3.34. The second-order valence-corrected chi connectivity index (χ2v) is 11.9. The maximum Gasteiger partial charge on any atom is 0.257 e. The zero-order valence-electron chi connectivity index (χ0n) is 20.2. The van der Waals surface area contributed by atoms with E-state index in [1.165, 1.54) is 24.5 Å². The van der Waals surface area contributed by atoms with E-state index < -0.39 is 9.84 Å². The van der Waals surface area contributed by atoms with Gasteiger partial charge >= 0.3 is 0 Å². The van der Waals surface area contributed by atoms with Crippen molar-refractivity contribution in [1.29, 1.82) is 0 Å². The Morgan fingerprint density at radius 1 is 0.972 bits per heavy atom. The predicted octanol–water partition coefficient (Wildman–Crippen LogP) is 1.87. The van der Waals surface area contributed by atoms with Crippen LogP contribution < -0.4 is 5.73 Å². The third-order valence-corrected chi connectivity index (χ3v) is 8.08. The van der Waals surface area contributed by atoms with E-state index in [0.29, 0.717) is 30.0 Å². The highest BCUT2D eigenvalue weighted by Crippen LogP contribution is 2.34. The van der Waals surface area contributed by atoms with Crippen LogP contribution in [0.25, 0.3) is 11.4 Å². The Bertz CT molecular complexity index is 1280. The Labute approximate surface area is 210 Å². The molecule has 2 saturated carbocycles. The standard InChI is InChI=1S/C25H30N6O4S/c1-36(34,35)21-8-4-16(5-9-21)22-27-14-18(15-28-22)24(33)31(19-6-7-19)20-10-12-30(13-11-20)25(26)29-23(32)17-2-3-17/h4-5,8-9,14-15,17,19-20H,2-3,6-7,10-13H2,1H3,(H2,26,29,32). The van der Waals surface area contributed by atoms with Gasteiger partial charge in [0, 0.05) is 55.3 Å². The van der Waals surface area contributed by atoms with Crippen molar-refractivity contribution in [2.75, 3.05) is 19.3 Å². The summed E-state index contributed by atoms with van der Waals surface area (Å²) in [7, 11) is -3.28. The van der Waals surface area contributed by atoms with E-state index >= 15 is 0 Å². The monoisotopic (exact) mass is 510 g/mol. The van der Waals surface area contributed by atoms with Gasteiger partial charge in [-0.1, -0.05) is 0 Å². The Kier molecular flexibility index (Phi) is 6.50. The van der Waals surface area contributed by atoms with Crippen molar-refractivity contribution in [2.24, 2.45) is 16.6 Å². The normalized spacial score (nSPS) is 19.2. The van der Waals surface area contributed by atoms with Gasteiger partial charge < -0.3 is 15.5 Å². The molecule has 5 rings (SSSR count). The minimum Gasteiger partial charge on any atom is -0.369 e. The number of rotatable bonds is 6. The molecule has 3 fully saturated rings. The molecule has 1 aliphatic heterocycles. The highest BCUT2D eigenvalue weighted by molar-refractivity contribution is 7.90. The van der Waals surface area contributed by atoms with Crippen LogP contribution in [0, 0.1) is 5.92 Å². The lowest BCUT2D eigenvalue weighted by atomic mass is 10.0. The van der Waals surface area contributed by atoms with Gasteiger partial charge in [-0.05, 0) is 62.8 Å². The van der Waals surface area contributed by atoms with Gasteiger partial charge in [0.05, 0.1) is 10.5 Å². The van der Waals surface area contributed by atoms with Crippen molar-refractivity contribution in [3.05, 3.63) is 42.2 Å². The molecule has 190 valence electrons. The number of hydrogen-bond acceptors (Lipinski definition) is 6. The van der Waals surface area contributed by atoms with E-state index in [1.807, 2.05) is 9.80 Å². The summed E-state index contributed by atoms with van der Waals surface area (Å²) in [5.74, 6) is 0.542. The molecule has 0 bridgehead atoms. The number of amides is 2. The maximum absolute atomic E-state index is 13.4. The average molecular weight is 511 g/mol. The van der Waals surface area contributed by atoms with Crippen LogP contribution >= 0.6 is 0 Å². The predicted molar refractivity (Wildman–Crippen MR) is 134 cm³/mol. The summed E-state index contributed by atoms with van der Waals surface area (Å²) in [5, 5.41) is 0. The summed E-state index contributed by atoms with van der Waals surface area (Å²) >= 11 is 0. The molecule has 2 N–H and O–H groups in total. The largest absolute Gasteiger partial charge is 0.369 e. The second kappa shape index (κ2) is 9.61. The molecule has 1 aromatic heterocycles. The van der Waals surface area contributed by atoms with Gasteiger partial charge in [0.15, 0.2) is 21.6 Å². The van der Waals surface area contributed by atoms with Crippen LogP contribution in [0.1, 0.15) is 48.9 Å². The summed E-state index contributed by atoms with van der Waals surface area (Å²) in [6, 6.07) is 6.66. The van der Waals surface area contributed by atoms with E-state index in [1.54, 1.807) is 12.1 Å². The van der Waals surface area contributed by atoms with Crippen LogP contribution in [0.4, 0.5) is 0 Å². The van der Waals surface area contributed by atoms with E-state index in [4.69, 9.17) is 5.73 Å². The van der Waals surface area contributed by atoms with Crippen LogP contribution in [0.5, 0.6) is 0 Å². The highest BCUT2D eigenvalue weighted by atomic mass is 32.2. The summed E-state index contributed by atoms with van der Waals surface area (Å²) in [6.45, 7) is 1.29. The van der Waals surface area contributed by atoms with Gasteiger partial charge in [0.1, 0.15) is 0 Å². The fourth-order valence-electron chi connectivity index (χ4n) is 4.55. The molecular formula is C25H30N6O4S. The van der Waals surface area contributed by atoms with Gasteiger partial charge in [-0.15, -0.1) is 0 Å². The fraction of sp³-hybridized carbons (Fsp3) is 0.480. The number of guanidine groups is 1. The third kappa shape index (κ3) is 5.40. The molecule has 2 heterocycles. The molecule has 2 amide bonds. The number of likely N-dealkylation sites (tertiary alicyclic amines) is 1. The first-order valence-electron chi connectivity index (χ1n) is 12.3. The van der Waals surface area contributed by atoms with Gasteiger partial charge in [0.25, 0.3) is 11.8 Å². The quantitative estimate of drug-likeness (QED) is 0.459. The van der Waals surface area contributed by atoms with Crippen molar-refractivity contribution in [2.45, 2.75) is 55.5 Å². The second-order valence-electron chi connectivity index (χ2n) is 9.84. The number of piperidine rings is 1. The van der Waals surface area contributed by atoms with Crippen molar-refractivity contribution < 1.29 is 18.0 Å². The lowest BCUT2D eigenvalue weighted by Gasteiger charge is -2.39. The Morgan fingerprint density at radius 2 is 1.56 bits per heavy atom. The van der Waals surface area contributed by atoms with E-state index in [2.05, 4.69) is 15.0 Å². The fourth-order valence-corrected chi connectivity index (χ4v) is 5.18. The number of nitrogens with two attached hydrogens (primary N) is 1. The summed E-state index contributed by atoms with van der Waals surface area (Å²) in [4.78, 5) is 42.3. The average Bonchev–Trinajstić information content (AvgIpc) is 3.78. The van der Waals surface area contributed by atoms with Crippen LogP contribution in [0.2, 0.25) is 0 Å². The molecular weight excluding hydrogens is 480 g/mol. The summed E-state index contributed by atoms with van der Waals surface area (Å²) < 4.78 is 23.3. The first kappa shape index (κ1) is 24.4. The number of carbonyl (C=O) groups excluding carboxylic acids is 2. The molecule has 2 aliphatic carbocycles. The zero-order valence-corrected chi connectivity index (χ0v) is 21.0. The lowest BCUT2D eigenvalue weighted by molar-refractivity contribution is -0.119. The first-order chi connectivity index (χ1) is 17.2. The molecule has 36 heavy (non-hydrogen) atoms. The SMILES string of the molecule is CS(=O)(=O)c1ccc(-c2ncc(C(=O)N(C3CC3)C3CCN(C(N)=NC(=O)C4CC4)CC3)cn2)cc1. The van der Waals surface area contributed by atoms with Crippen LogP contribution in [0.15, 0.2) is 46.5 Å². The molecule has 1 saturated heterocycles. The van der Waals surface area contributed by atoms with Crippen LogP contribution in [-0.2, 0) is 14.6 Å². The van der Waals surface area contributed by atoms with Crippen molar-refractivity contribution >= 4 is 27.6 Å². The van der Waals surface area contributed by atoms with Crippen LogP contribution in [0.3, 0.4) is 0 Å². The van der Waals surface area contributed by atoms with Crippen LogP contribution in [-0.4, -0.2) is 77.4 Å². The molecule has 2 aromatic rings. The molecule has 0 atom stereocenters. The number of hydrogen-bond donors (Lipinski definition) is 1. The smallest absolute Gasteiger partial charge is 0.257 e. The number of nitrogens with zero attached hydrogens (tertiary/aromatic N) is 5. The number of benzene rings is 1. The molecule has 0 radical (unpaired) electrons. The summed E-state index contributed by atoms with van der Waals surface area (Å²) in [5.41, 5.74) is 7.18. The molecule has 10 nitrogen and oxygen atoms in total. The van der Waals surface area contributed by atoms with Crippen molar-refractivity contribution in [1.82, 2.24) is 19.8 Å². The number of carbonyl (C=O) groups is 2. The van der Waals surface area contributed by atoms with Gasteiger partial charge in [-0.25, -0.2) is 18.4 Å². The molecule has 0 spiro atoms. The molecule has 1 aromatic carbocycles. The van der Waals surface area contributed by atoms with E-state index in [9.17, 15) is 18.0 Å².